The number of rotatable bonds is 4. The number of thioether (sulfide) groups is 1. The zero-order valence-corrected chi connectivity index (χ0v) is 10.7. The topological polar surface area (TPSA) is 46.5 Å². The van der Waals surface area contributed by atoms with E-state index in [1.54, 1.807) is 11.8 Å². The zero-order valence-electron chi connectivity index (χ0n) is 9.14. The van der Waals surface area contributed by atoms with E-state index in [0.29, 0.717) is 11.4 Å². The van der Waals surface area contributed by atoms with Gasteiger partial charge < -0.3 is 9.84 Å². The standard InChI is InChI=1S/C12H13ClO3S/c13-8-2-1-3-10(6-8)17-7-9-4-5-11(16-9)12(14)15/h1-3,6,9,11H,4-5,7H2,(H,14,15). The summed E-state index contributed by atoms with van der Waals surface area (Å²) in [6.07, 6.45) is 0.820. The predicted octanol–water partition coefficient (Wildman–Crippen LogP) is 3.06. The van der Waals surface area contributed by atoms with Gasteiger partial charge in [0.2, 0.25) is 0 Å². The average molecular weight is 273 g/mol. The Kier molecular flexibility index (Phi) is 4.31. The van der Waals surface area contributed by atoms with Crippen LogP contribution in [0, 0.1) is 0 Å². The molecule has 2 atom stereocenters. The monoisotopic (exact) mass is 272 g/mol. The maximum atomic E-state index is 10.7. The van der Waals surface area contributed by atoms with Crippen molar-refractivity contribution in [2.75, 3.05) is 5.75 Å². The molecular formula is C12H13ClO3S. The quantitative estimate of drug-likeness (QED) is 0.856. The van der Waals surface area contributed by atoms with Crippen LogP contribution in [-0.2, 0) is 9.53 Å². The molecule has 1 heterocycles. The normalized spacial score (nSPS) is 23.8. The Morgan fingerprint density at radius 2 is 2.35 bits per heavy atom. The number of carboxylic acids is 1. The molecule has 1 N–H and O–H groups in total. The van der Waals surface area contributed by atoms with Crippen molar-refractivity contribution in [2.24, 2.45) is 0 Å². The Morgan fingerprint density at radius 3 is 3.00 bits per heavy atom. The number of hydrogen-bond donors (Lipinski definition) is 1. The molecule has 1 aromatic rings. The minimum absolute atomic E-state index is 0.0279. The number of halogens is 1. The molecule has 0 saturated carbocycles. The van der Waals surface area contributed by atoms with E-state index in [0.717, 1.165) is 17.1 Å². The summed E-state index contributed by atoms with van der Waals surface area (Å²) in [7, 11) is 0. The van der Waals surface area contributed by atoms with Crippen LogP contribution in [0.25, 0.3) is 0 Å². The third kappa shape index (κ3) is 3.63. The maximum absolute atomic E-state index is 10.7. The van der Waals surface area contributed by atoms with Gasteiger partial charge in [0.25, 0.3) is 0 Å². The first kappa shape index (κ1) is 12.7. The van der Waals surface area contributed by atoms with Crippen LogP contribution in [0.5, 0.6) is 0 Å². The molecular weight excluding hydrogens is 260 g/mol. The minimum atomic E-state index is -0.861. The van der Waals surface area contributed by atoms with Gasteiger partial charge in [-0.3, -0.25) is 0 Å². The summed E-state index contributed by atoms with van der Waals surface area (Å²) in [5.41, 5.74) is 0. The zero-order chi connectivity index (χ0) is 12.3. The van der Waals surface area contributed by atoms with Crippen LogP contribution in [0.2, 0.25) is 5.02 Å². The Balaban J connectivity index is 1.82. The number of carbonyl (C=O) groups is 1. The first-order valence-corrected chi connectivity index (χ1v) is 6.78. The molecule has 0 aliphatic carbocycles. The van der Waals surface area contributed by atoms with Crippen LogP contribution < -0.4 is 0 Å². The molecule has 1 saturated heterocycles. The highest BCUT2D eigenvalue weighted by Gasteiger charge is 2.30. The second kappa shape index (κ2) is 5.76. The van der Waals surface area contributed by atoms with Crippen molar-refractivity contribution in [3.63, 3.8) is 0 Å². The van der Waals surface area contributed by atoms with E-state index in [9.17, 15) is 4.79 Å². The van der Waals surface area contributed by atoms with Crippen LogP contribution in [0.3, 0.4) is 0 Å². The molecule has 1 fully saturated rings. The lowest BCUT2D eigenvalue weighted by molar-refractivity contribution is -0.148. The van der Waals surface area contributed by atoms with Crippen LogP contribution in [0.4, 0.5) is 0 Å². The van der Waals surface area contributed by atoms with Gasteiger partial charge in [0.15, 0.2) is 6.10 Å². The molecule has 2 rings (SSSR count). The molecule has 92 valence electrons. The van der Waals surface area contributed by atoms with E-state index in [4.69, 9.17) is 21.4 Å². The predicted molar refractivity (Wildman–Crippen MR) is 67.7 cm³/mol. The molecule has 3 nitrogen and oxygen atoms in total. The summed E-state index contributed by atoms with van der Waals surface area (Å²) < 4.78 is 5.42. The number of aliphatic carboxylic acids is 1. The SMILES string of the molecule is O=C(O)C1CCC(CSc2cccc(Cl)c2)O1. The van der Waals surface area contributed by atoms with Gasteiger partial charge in [-0.25, -0.2) is 4.79 Å². The molecule has 0 bridgehead atoms. The molecule has 1 aliphatic heterocycles. The number of ether oxygens (including phenoxy) is 1. The summed E-state index contributed by atoms with van der Waals surface area (Å²) >= 11 is 7.53. The molecule has 17 heavy (non-hydrogen) atoms. The molecule has 1 aliphatic rings. The summed E-state index contributed by atoms with van der Waals surface area (Å²) in [5, 5.41) is 9.52. The highest BCUT2D eigenvalue weighted by molar-refractivity contribution is 7.99. The fourth-order valence-corrected chi connectivity index (χ4v) is 3.02. The fourth-order valence-electron chi connectivity index (χ4n) is 1.76. The van der Waals surface area contributed by atoms with E-state index < -0.39 is 12.1 Å². The Bertz CT molecular complexity index is 410. The lowest BCUT2D eigenvalue weighted by Gasteiger charge is -2.10. The van der Waals surface area contributed by atoms with Crippen LogP contribution >= 0.6 is 23.4 Å². The fraction of sp³-hybridized carbons (Fsp3) is 0.417. The minimum Gasteiger partial charge on any atom is -0.479 e. The van der Waals surface area contributed by atoms with Gasteiger partial charge >= 0.3 is 5.97 Å². The van der Waals surface area contributed by atoms with Gasteiger partial charge in [-0.05, 0) is 31.0 Å². The maximum Gasteiger partial charge on any atom is 0.332 e. The van der Waals surface area contributed by atoms with Gasteiger partial charge in [0, 0.05) is 15.7 Å². The van der Waals surface area contributed by atoms with Crippen molar-refractivity contribution in [3.8, 4) is 0 Å². The molecule has 0 radical (unpaired) electrons. The van der Waals surface area contributed by atoms with E-state index in [-0.39, 0.29) is 6.10 Å². The highest BCUT2D eigenvalue weighted by atomic mass is 35.5. The number of carboxylic acid groups (broad SMARTS) is 1. The van der Waals surface area contributed by atoms with E-state index in [1.807, 2.05) is 24.3 Å². The van der Waals surface area contributed by atoms with Gasteiger partial charge in [-0.1, -0.05) is 17.7 Å². The average Bonchev–Trinajstić information content (AvgIpc) is 2.75. The van der Waals surface area contributed by atoms with Crippen molar-refractivity contribution in [3.05, 3.63) is 29.3 Å². The molecule has 5 heteroatoms. The van der Waals surface area contributed by atoms with Crippen molar-refractivity contribution in [1.82, 2.24) is 0 Å². The molecule has 0 aromatic heterocycles. The third-order valence-electron chi connectivity index (χ3n) is 2.61. The molecule has 2 unspecified atom stereocenters. The van der Waals surface area contributed by atoms with Crippen molar-refractivity contribution < 1.29 is 14.6 Å². The molecule has 0 spiro atoms. The lowest BCUT2D eigenvalue weighted by atomic mass is 10.2. The van der Waals surface area contributed by atoms with E-state index in [2.05, 4.69) is 0 Å². The third-order valence-corrected chi connectivity index (χ3v) is 3.98. The van der Waals surface area contributed by atoms with Crippen molar-refractivity contribution in [2.45, 2.75) is 29.9 Å². The summed E-state index contributed by atoms with van der Waals surface area (Å²) in [5.74, 6) is -0.0929. The van der Waals surface area contributed by atoms with E-state index in [1.165, 1.54) is 0 Å². The first-order valence-electron chi connectivity index (χ1n) is 5.42. The van der Waals surface area contributed by atoms with Gasteiger partial charge in [-0.2, -0.15) is 0 Å². The van der Waals surface area contributed by atoms with Crippen molar-refractivity contribution in [1.29, 1.82) is 0 Å². The Hall–Kier alpha value is -0.710. The Morgan fingerprint density at radius 1 is 1.53 bits per heavy atom. The highest BCUT2D eigenvalue weighted by Crippen LogP contribution is 2.27. The van der Waals surface area contributed by atoms with Crippen molar-refractivity contribution >= 4 is 29.3 Å². The summed E-state index contributed by atoms with van der Waals surface area (Å²) in [6.45, 7) is 0. The summed E-state index contributed by atoms with van der Waals surface area (Å²) in [4.78, 5) is 11.8. The molecule has 1 aromatic carbocycles. The van der Waals surface area contributed by atoms with Crippen LogP contribution in [0.15, 0.2) is 29.2 Å². The van der Waals surface area contributed by atoms with E-state index >= 15 is 0 Å². The Labute approximate surface area is 109 Å². The summed E-state index contributed by atoms with van der Waals surface area (Å²) in [6, 6.07) is 7.62. The van der Waals surface area contributed by atoms with Gasteiger partial charge in [0.05, 0.1) is 6.10 Å². The second-order valence-corrected chi connectivity index (χ2v) is 5.46. The van der Waals surface area contributed by atoms with Crippen LogP contribution in [-0.4, -0.2) is 29.0 Å². The smallest absolute Gasteiger partial charge is 0.332 e. The second-order valence-electron chi connectivity index (χ2n) is 3.93. The number of hydrogen-bond acceptors (Lipinski definition) is 3. The first-order chi connectivity index (χ1) is 8.15. The van der Waals surface area contributed by atoms with Crippen LogP contribution in [0.1, 0.15) is 12.8 Å². The largest absolute Gasteiger partial charge is 0.479 e. The van der Waals surface area contributed by atoms with Gasteiger partial charge in [0.1, 0.15) is 0 Å². The molecule has 0 amide bonds. The number of benzene rings is 1. The lowest BCUT2D eigenvalue weighted by Crippen LogP contribution is -2.21. The van der Waals surface area contributed by atoms with Gasteiger partial charge in [-0.15, -0.1) is 11.8 Å².